The lowest BCUT2D eigenvalue weighted by Gasteiger charge is -2.53. The second-order valence-corrected chi connectivity index (χ2v) is 9.74. The second kappa shape index (κ2) is 13.2. The molecule has 0 amide bonds. The molecule has 3 heterocycles. The maximum absolute atomic E-state index is 12.0. The van der Waals surface area contributed by atoms with E-state index in [-0.39, 0.29) is 24.0 Å². The molecule has 0 aliphatic carbocycles. The Labute approximate surface area is 227 Å². The number of methoxy groups -OCH3 is 1. The molecule has 0 saturated carbocycles. The van der Waals surface area contributed by atoms with E-state index in [0.29, 0.717) is 18.1 Å². The number of rotatable bonds is 7. The van der Waals surface area contributed by atoms with Gasteiger partial charge in [-0.3, -0.25) is 4.90 Å². The summed E-state index contributed by atoms with van der Waals surface area (Å²) in [6.07, 6.45) is 2.50. The third-order valence-electron chi connectivity index (χ3n) is 7.43. The Morgan fingerprint density at radius 3 is 1.92 bits per heavy atom. The molecule has 6 rings (SSSR count). The van der Waals surface area contributed by atoms with Crippen LogP contribution in [0.4, 0.5) is 0 Å². The fourth-order valence-corrected chi connectivity index (χ4v) is 5.67. The molecule has 3 aliphatic heterocycles. The number of carboxylic acids is 2. The van der Waals surface area contributed by atoms with Crippen molar-refractivity contribution >= 4 is 17.9 Å². The van der Waals surface area contributed by atoms with Crippen molar-refractivity contribution in [3.63, 3.8) is 0 Å². The van der Waals surface area contributed by atoms with Crippen molar-refractivity contribution in [2.75, 3.05) is 20.2 Å². The molecule has 3 aliphatic rings. The molecule has 3 fully saturated rings. The van der Waals surface area contributed by atoms with Gasteiger partial charge < -0.3 is 19.7 Å². The number of piperidine rings is 3. The number of fused-ring (bicyclic) bond motifs is 3. The Morgan fingerprint density at radius 2 is 1.41 bits per heavy atom. The minimum absolute atomic E-state index is 0.139. The highest BCUT2D eigenvalue weighted by Crippen LogP contribution is 2.43. The van der Waals surface area contributed by atoms with Crippen LogP contribution < -0.4 is 0 Å². The normalized spacial score (nSPS) is 21.5. The van der Waals surface area contributed by atoms with Crippen LogP contribution in [0.5, 0.6) is 0 Å². The molecule has 0 aromatic heterocycles. The van der Waals surface area contributed by atoms with E-state index in [1.165, 1.54) is 31.1 Å². The van der Waals surface area contributed by atoms with E-state index in [2.05, 4.69) is 65.6 Å². The number of benzene rings is 3. The van der Waals surface area contributed by atoms with Gasteiger partial charge in [-0.1, -0.05) is 72.8 Å². The predicted octanol–water partition coefficient (Wildman–Crippen LogP) is 4.44. The van der Waals surface area contributed by atoms with Crippen molar-refractivity contribution in [2.45, 2.75) is 37.5 Å². The minimum atomic E-state index is -1.82. The van der Waals surface area contributed by atoms with E-state index in [1.54, 1.807) is 6.07 Å². The highest BCUT2D eigenvalue weighted by atomic mass is 16.5. The van der Waals surface area contributed by atoms with E-state index in [1.807, 2.05) is 18.2 Å². The molecule has 8 nitrogen and oxygen atoms in total. The van der Waals surface area contributed by atoms with Gasteiger partial charge in [0.2, 0.25) is 0 Å². The van der Waals surface area contributed by atoms with Crippen molar-refractivity contribution in [3.05, 3.63) is 107 Å². The molecule has 3 aromatic rings. The smallest absolute Gasteiger partial charge is 0.414 e. The fourth-order valence-electron chi connectivity index (χ4n) is 5.67. The van der Waals surface area contributed by atoms with E-state index in [4.69, 9.17) is 29.3 Å². The summed E-state index contributed by atoms with van der Waals surface area (Å²) in [6.45, 7) is 2.75. The minimum Gasteiger partial charge on any atom is -0.473 e. The Hall–Kier alpha value is -4.01. The van der Waals surface area contributed by atoms with Crippen LogP contribution in [-0.4, -0.2) is 65.4 Å². The van der Waals surface area contributed by atoms with Crippen LogP contribution in [0, 0.1) is 5.92 Å². The molecule has 2 N–H and O–H groups in total. The van der Waals surface area contributed by atoms with Crippen LogP contribution in [0.25, 0.3) is 0 Å². The lowest BCUT2D eigenvalue weighted by Crippen LogP contribution is -2.60. The van der Waals surface area contributed by atoms with Gasteiger partial charge in [-0.25, -0.2) is 14.4 Å². The average Bonchev–Trinajstić information content (AvgIpc) is 2.98. The number of carbonyl (C=O) groups is 3. The molecule has 0 radical (unpaired) electrons. The Balaban J connectivity index is 0.000000531. The van der Waals surface area contributed by atoms with Gasteiger partial charge >= 0.3 is 17.9 Å². The first kappa shape index (κ1) is 28.0. The van der Waals surface area contributed by atoms with Crippen molar-refractivity contribution in [2.24, 2.45) is 5.92 Å². The van der Waals surface area contributed by atoms with Gasteiger partial charge in [0, 0.05) is 12.0 Å². The second-order valence-electron chi connectivity index (χ2n) is 9.74. The summed E-state index contributed by atoms with van der Waals surface area (Å²) in [4.78, 5) is 32.8. The third kappa shape index (κ3) is 6.90. The number of esters is 1. The van der Waals surface area contributed by atoms with E-state index < -0.39 is 11.9 Å². The number of carboxylic acid groups (broad SMARTS) is 2. The standard InChI is InChI=1S/C29H31NO3.C2H2O4/c1-32-29(31)25-14-8-9-21(19-25)20-33-28-24-15-17-30(18-16-24)27(28)26(22-10-4-2-5-11-22)23-12-6-3-7-13-23;3-1(4)2(5)6/h2-14,19,24,26-28H,15-18,20H2,1H3;(H,3,4)(H,5,6)/t27-,28-;/m1./s1. The van der Waals surface area contributed by atoms with Gasteiger partial charge in [0.15, 0.2) is 0 Å². The monoisotopic (exact) mass is 531 g/mol. The van der Waals surface area contributed by atoms with Crippen molar-refractivity contribution < 1.29 is 34.1 Å². The van der Waals surface area contributed by atoms with Gasteiger partial charge in [-0.15, -0.1) is 0 Å². The number of aliphatic carboxylic acids is 2. The molecule has 39 heavy (non-hydrogen) atoms. The predicted molar refractivity (Wildman–Crippen MR) is 144 cm³/mol. The summed E-state index contributed by atoms with van der Waals surface area (Å²) in [5, 5.41) is 14.8. The molecule has 0 spiro atoms. The maximum atomic E-state index is 12.0. The lowest BCUT2D eigenvalue weighted by molar-refractivity contribution is -0.159. The highest BCUT2D eigenvalue weighted by molar-refractivity contribution is 6.27. The fraction of sp³-hybridized carbons (Fsp3) is 0.323. The third-order valence-corrected chi connectivity index (χ3v) is 7.43. The molecule has 204 valence electrons. The molecule has 2 bridgehead atoms. The molecular formula is C31H33NO7. The van der Waals surface area contributed by atoms with Crippen LogP contribution in [0.2, 0.25) is 0 Å². The topological polar surface area (TPSA) is 113 Å². The lowest BCUT2D eigenvalue weighted by atomic mass is 9.72. The summed E-state index contributed by atoms with van der Waals surface area (Å²) in [7, 11) is 1.41. The first-order valence-corrected chi connectivity index (χ1v) is 13.0. The molecule has 3 saturated heterocycles. The maximum Gasteiger partial charge on any atom is 0.414 e. The van der Waals surface area contributed by atoms with Gasteiger partial charge in [0.25, 0.3) is 0 Å². The summed E-state index contributed by atoms with van der Waals surface area (Å²) < 4.78 is 11.6. The Morgan fingerprint density at radius 1 is 0.846 bits per heavy atom. The van der Waals surface area contributed by atoms with Gasteiger partial charge in [-0.2, -0.15) is 0 Å². The number of hydrogen-bond donors (Lipinski definition) is 2. The largest absolute Gasteiger partial charge is 0.473 e. The van der Waals surface area contributed by atoms with Crippen molar-refractivity contribution in [1.29, 1.82) is 0 Å². The van der Waals surface area contributed by atoms with Crippen LogP contribution in [0.15, 0.2) is 84.9 Å². The summed E-state index contributed by atoms with van der Waals surface area (Å²) >= 11 is 0. The van der Waals surface area contributed by atoms with Crippen LogP contribution in [-0.2, 0) is 25.7 Å². The first-order chi connectivity index (χ1) is 18.9. The zero-order valence-corrected chi connectivity index (χ0v) is 21.8. The van der Waals surface area contributed by atoms with Crippen LogP contribution >= 0.6 is 0 Å². The van der Waals surface area contributed by atoms with Crippen molar-refractivity contribution in [3.8, 4) is 0 Å². The van der Waals surface area contributed by atoms with Gasteiger partial charge in [-0.05, 0) is 60.7 Å². The molecule has 8 heteroatoms. The summed E-state index contributed by atoms with van der Waals surface area (Å²) in [5.41, 5.74) is 4.24. The number of hydrogen-bond acceptors (Lipinski definition) is 6. The number of nitrogens with zero attached hydrogens (tertiary/aromatic N) is 1. The zero-order valence-electron chi connectivity index (χ0n) is 21.8. The molecular weight excluding hydrogens is 498 g/mol. The summed E-state index contributed by atoms with van der Waals surface area (Å²) in [6, 6.07) is 29.6. The molecule has 0 unspecified atom stereocenters. The highest BCUT2D eigenvalue weighted by Gasteiger charge is 2.47. The first-order valence-electron chi connectivity index (χ1n) is 13.0. The van der Waals surface area contributed by atoms with Crippen LogP contribution in [0.1, 0.15) is 45.8 Å². The molecule has 2 atom stereocenters. The van der Waals surface area contributed by atoms with Gasteiger partial charge in [0.05, 0.1) is 25.4 Å². The van der Waals surface area contributed by atoms with E-state index >= 15 is 0 Å². The Kier molecular flexibility index (Phi) is 9.46. The van der Waals surface area contributed by atoms with Crippen LogP contribution in [0.3, 0.4) is 0 Å². The zero-order chi connectivity index (χ0) is 27.8. The molecule has 3 aromatic carbocycles. The number of carbonyl (C=O) groups excluding carboxylic acids is 1. The number of ether oxygens (including phenoxy) is 2. The van der Waals surface area contributed by atoms with Crippen molar-refractivity contribution in [1.82, 2.24) is 4.90 Å². The summed E-state index contributed by atoms with van der Waals surface area (Å²) in [5.74, 6) is -3.16. The van der Waals surface area contributed by atoms with Gasteiger partial charge in [0.1, 0.15) is 0 Å². The van der Waals surface area contributed by atoms with E-state index in [9.17, 15) is 4.79 Å². The average molecular weight is 532 g/mol. The quantitative estimate of drug-likeness (QED) is 0.340. The SMILES string of the molecule is COC(=O)c1cccc(CO[C@@H]2C3CCN(CC3)[C@@H]2C(c2ccccc2)c2ccccc2)c1.O=C(O)C(=O)O. The van der Waals surface area contributed by atoms with E-state index in [0.717, 1.165) is 18.7 Å². The Bertz CT molecular complexity index is 1200.